The Morgan fingerprint density at radius 3 is 2.16 bits per heavy atom. The van der Waals surface area contributed by atoms with Crippen molar-refractivity contribution in [1.29, 1.82) is 0 Å². The van der Waals surface area contributed by atoms with Gasteiger partial charge in [-0.1, -0.05) is 30.3 Å². The molecular formula is C14H16N2O2S. The van der Waals surface area contributed by atoms with Crippen molar-refractivity contribution >= 4 is 15.7 Å². The minimum atomic E-state index is -3.50. The van der Waals surface area contributed by atoms with Gasteiger partial charge in [-0.2, -0.15) is 0 Å². The smallest absolute Gasteiger partial charge is 0.261 e. The molecule has 2 rings (SSSR count). The van der Waals surface area contributed by atoms with Crippen LogP contribution in [0.15, 0.2) is 59.5 Å². The Labute approximate surface area is 113 Å². The van der Waals surface area contributed by atoms with Gasteiger partial charge in [0.2, 0.25) is 0 Å². The Morgan fingerprint density at radius 2 is 1.58 bits per heavy atom. The molecule has 0 bridgehead atoms. The number of nitrogens with one attached hydrogen (secondary N) is 2. The molecule has 0 heterocycles. The summed E-state index contributed by atoms with van der Waals surface area (Å²) < 4.78 is 26.7. The number of benzene rings is 2. The SMILES string of the molecule is CNCc1ccc(NS(=O)(=O)c2ccccc2)cc1. The minimum Gasteiger partial charge on any atom is -0.316 e. The minimum absolute atomic E-state index is 0.259. The molecule has 0 fully saturated rings. The summed E-state index contributed by atoms with van der Waals surface area (Å²) in [5.74, 6) is 0. The van der Waals surface area contributed by atoms with E-state index < -0.39 is 10.0 Å². The van der Waals surface area contributed by atoms with Crippen molar-refractivity contribution in [2.24, 2.45) is 0 Å². The molecule has 0 aliphatic rings. The first-order chi connectivity index (χ1) is 9.12. The van der Waals surface area contributed by atoms with Gasteiger partial charge in [-0.25, -0.2) is 8.42 Å². The zero-order chi connectivity index (χ0) is 13.7. The lowest BCUT2D eigenvalue weighted by Crippen LogP contribution is -2.13. The van der Waals surface area contributed by atoms with Crippen molar-refractivity contribution in [3.8, 4) is 0 Å². The van der Waals surface area contributed by atoms with Gasteiger partial charge in [-0.15, -0.1) is 0 Å². The quantitative estimate of drug-likeness (QED) is 0.880. The molecule has 0 aliphatic carbocycles. The second-order valence-corrected chi connectivity index (χ2v) is 5.83. The van der Waals surface area contributed by atoms with Gasteiger partial charge in [0.05, 0.1) is 4.90 Å². The van der Waals surface area contributed by atoms with E-state index in [2.05, 4.69) is 10.0 Å². The Kier molecular flexibility index (Phi) is 4.19. The summed E-state index contributed by atoms with van der Waals surface area (Å²) in [6.07, 6.45) is 0. The fraction of sp³-hybridized carbons (Fsp3) is 0.143. The van der Waals surface area contributed by atoms with Gasteiger partial charge in [0.25, 0.3) is 10.0 Å². The van der Waals surface area contributed by atoms with Crippen LogP contribution in [-0.4, -0.2) is 15.5 Å². The molecule has 5 heteroatoms. The average Bonchev–Trinajstić information content (AvgIpc) is 2.42. The molecule has 2 aromatic carbocycles. The summed E-state index contributed by atoms with van der Waals surface area (Å²) in [6, 6.07) is 15.6. The molecule has 2 aromatic rings. The van der Waals surface area contributed by atoms with E-state index in [-0.39, 0.29) is 4.90 Å². The van der Waals surface area contributed by atoms with Crippen LogP contribution in [0.2, 0.25) is 0 Å². The van der Waals surface area contributed by atoms with Gasteiger partial charge in [0, 0.05) is 12.2 Å². The van der Waals surface area contributed by atoms with E-state index in [9.17, 15) is 8.42 Å². The molecule has 2 N–H and O–H groups in total. The van der Waals surface area contributed by atoms with Gasteiger partial charge in [0.1, 0.15) is 0 Å². The Balaban J connectivity index is 2.17. The summed E-state index contributed by atoms with van der Waals surface area (Å²) in [7, 11) is -1.64. The van der Waals surface area contributed by atoms with Gasteiger partial charge >= 0.3 is 0 Å². The van der Waals surface area contributed by atoms with Gasteiger partial charge in [-0.05, 0) is 36.9 Å². The summed E-state index contributed by atoms with van der Waals surface area (Å²) in [6.45, 7) is 0.756. The molecule has 0 unspecified atom stereocenters. The van der Waals surface area contributed by atoms with Crippen molar-refractivity contribution in [2.75, 3.05) is 11.8 Å². The number of sulfonamides is 1. The van der Waals surface area contributed by atoms with Crippen LogP contribution in [0, 0.1) is 0 Å². The lowest BCUT2D eigenvalue weighted by atomic mass is 10.2. The molecule has 100 valence electrons. The molecule has 4 nitrogen and oxygen atoms in total. The molecule has 19 heavy (non-hydrogen) atoms. The highest BCUT2D eigenvalue weighted by atomic mass is 32.2. The first kappa shape index (κ1) is 13.6. The van der Waals surface area contributed by atoms with Crippen molar-refractivity contribution in [2.45, 2.75) is 11.4 Å². The summed E-state index contributed by atoms with van der Waals surface area (Å²) in [5.41, 5.74) is 1.66. The van der Waals surface area contributed by atoms with Crippen LogP contribution in [0.5, 0.6) is 0 Å². The molecule has 0 radical (unpaired) electrons. The lowest BCUT2D eigenvalue weighted by Gasteiger charge is -2.08. The first-order valence-electron chi connectivity index (χ1n) is 5.93. The van der Waals surface area contributed by atoms with Gasteiger partial charge < -0.3 is 5.32 Å². The van der Waals surface area contributed by atoms with E-state index in [1.807, 2.05) is 19.2 Å². The normalized spacial score (nSPS) is 11.2. The van der Waals surface area contributed by atoms with E-state index in [1.54, 1.807) is 42.5 Å². The van der Waals surface area contributed by atoms with Crippen LogP contribution >= 0.6 is 0 Å². The molecule has 0 spiro atoms. The van der Waals surface area contributed by atoms with E-state index in [4.69, 9.17) is 0 Å². The second kappa shape index (κ2) is 5.86. The maximum absolute atomic E-state index is 12.1. The maximum atomic E-state index is 12.1. The Bertz CT molecular complexity index is 622. The fourth-order valence-electron chi connectivity index (χ4n) is 1.71. The van der Waals surface area contributed by atoms with Crippen LogP contribution in [0.25, 0.3) is 0 Å². The highest BCUT2D eigenvalue weighted by Crippen LogP contribution is 2.16. The predicted octanol–water partition coefficient (Wildman–Crippen LogP) is 2.21. The standard InChI is InChI=1S/C14H16N2O2S/c1-15-11-12-7-9-13(10-8-12)16-19(17,18)14-5-3-2-4-6-14/h2-10,15-16H,11H2,1H3. The summed E-state index contributed by atoms with van der Waals surface area (Å²) in [5, 5.41) is 3.04. The third kappa shape index (κ3) is 3.56. The first-order valence-corrected chi connectivity index (χ1v) is 7.41. The number of hydrogen-bond acceptors (Lipinski definition) is 3. The number of anilines is 1. The third-order valence-corrected chi connectivity index (χ3v) is 4.04. The maximum Gasteiger partial charge on any atom is 0.261 e. The predicted molar refractivity (Wildman–Crippen MR) is 76.5 cm³/mol. The monoisotopic (exact) mass is 276 g/mol. The lowest BCUT2D eigenvalue weighted by molar-refractivity contribution is 0.601. The summed E-state index contributed by atoms with van der Waals surface area (Å²) >= 11 is 0. The van der Waals surface area contributed by atoms with Crippen LogP contribution in [0.4, 0.5) is 5.69 Å². The molecule has 0 amide bonds. The largest absolute Gasteiger partial charge is 0.316 e. The van der Waals surface area contributed by atoms with Crippen LogP contribution in [0.1, 0.15) is 5.56 Å². The molecular weight excluding hydrogens is 260 g/mol. The van der Waals surface area contributed by atoms with Crippen LogP contribution in [0.3, 0.4) is 0 Å². The van der Waals surface area contributed by atoms with E-state index in [0.29, 0.717) is 5.69 Å². The number of rotatable bonds is 5. The van der Waals surface area contributed by atoms with Gasteiger partial charge in [-0.3, -0.25) is 4.72 Å². The average molecular weight is 276 g/mol. The molecule has 0 saturated carbocycles. The molecule has 0 saturated heterocycles. The van der Waals surface area contributed by atoms with E-state index in [1.165, 1.54) is 0 Å². The number of hydrogen-bond donors (Lipinski definition) is 2. The third-order valence-electron chi connectivity index (χ3n) is 2.64. The Morgan fingerprint density at radius 1 is 0.947 bits per heavy atom. The van der Waals surface area contributed by atoms with E-state index >= 15 is 0 Å². The molecule has 0 atom stereocenters. The van der Waals surface area contributed by atoms with Gasteiger partial charge in [0.15, 0.2) is 0 Å². The fourth-order valence-corrected chi connectivity index (χ4v) is 2.79. The molecule has 0 aliphatic heterocycles. The Hall–Kier alpha value is -1.85. The molecule has 0 aromatic heterocycles. The zero-order valence-electron chi connectivity index (χ0n) is 10.6. The van der Waals surface area contributed by atoms with Crippen molar-refractivity contribution in [3.63, 3.8) is 0 Å². The van der Waals surface area contributed by atoms with Crippen molar-refractivity contribution in [1.82, 2.24) is 5.32 Å². The van der Waals surface area contributed by atoms with E-state index in [0.717, 1.165) is 12.1 Å². The van der Waals surface area contributed by atoms with Crippen molar-refractivity contribution < 1.29 is 8.42 Å². The highest BCUT2D eigenvalue weighted by molar-refractivity contribution is 7.92. The topological polar surface area (TPSA) is 58.2 Å². The van der Waals surface area contributed by atoms with Crippen LogP contribution in [-0.2, 0) is 16.6 Å². The van der Waals surface area contributed by atoms with Crippen LogP contribution < -0.4 is 10.0 Å². The van der Waals surface area contributed by atoms with Crippen molar-refractivity contribution in [3.05, 3.63) is 60.2 Å². The zero-order valence-corrected chi connectivity index (χ0v) is 11.4. The summed E-state index contributed by atoms with van der Waals surface area (Å²) in [4.78, 5) is 0.259. The second-order valence-electron chi connectivity index (χ2n) is 4.15. The highest BCUT2D eigenvalue weighted by Gasteiger charge is 2.12.